The van der Waals surface area contributed by atoms with Crippen LogP contribution in [-0.2, 0) is 10.8 Å². The highest BCUT2D eigenvalue weighted by atomic mass is 32.2. The Morgan fingerprint density at radius 1 is 0.947 bits per heavy atom. The summed E-state index contributed by atoms with van der Waals surface area (Å²) in [5.74, 6) is 6.63. The van der Waals surface area contributed by atoms with Gasteiger partial charge in [-0.05, 0) is 18.6 Å². The fourth-order valence-corrected chi connectivity index (χ4v) is 2.71. The molecule has 0 aromatic heterocycles. The maximum Gasteiger partial charge on any atom is 0.0893 e. The largest absolute Gasteiger partial charge is 0.253 e. The van der Waals surface area contributed by atoms with Gasteiger partial charge in [0, 0.05) is 11.3 Å². The van der Waals surface area contributed by atoms with Gasteiger partial charge in [-0.3, -0.25) is 4.21 Å². The highest BCUT2D eigenvalue weighted by Gasteiger charge is 1.98. The zero-order chi connectivity index (χ0) is 13.8. The second-order valence-electron chi connectivity index (χ2n) is 4.67. The molecule has 0 radical (unpaired) electrons. The Labute approximate surface area is 120 Å². The average molecular weight is 276 g/mol. The normalized spacial score (nSPS) is 11.6. The summed E-state index contributed by atoms with van der Waals surface area (Å²) in [4.78, 5) is 0.872. The Morgan fingerprint density at radius 3 is 2.37 bits per heavy atom. The molecule has 0 amide bonds. The molecule has 19 heavy (non-hydrogen) atoms. The van der Waals surface area contributed by atoms with Gasteiger partial charge in [0.2, 0.25) is 0 Å². The van der Waals surface area contributed by atoms with Crippen molar-refractivity contribution in [1.82, 2.24) is 0 Å². The molecule has 1 rings (SSSR count). The number of unbranched alkanes of at least 4 members (excludes halogenated alkanes) is 6. The van der Waals surface area contributed by atoms with Crippen LogP contribution in [0.4, 0.5) is 0 Å². The molecular weight excluding hydrogens is 252 g/mol. The monoisotopic (exact) mass is 276 g/mol. The molecule has 1 unspecified atom stereocenters. The van der Waals surface area contributed by atoms with Gasteiger partial charge >= 0.3 is 0 Å². The number of rotatable bonds is 8. The Morgan fingerprint density at radius 2 is 1.63 bits per heavy atom. The highest BCUT2D eigenvalue weighted by molar-refractivity contribution is 7.85. The maximum atomic E-state index is 11.9. The van der Waals surface area contributed by atoms with Crippen LogP contribution in [0.25, 0.3) is 0 Å². The molecule has 104 valence electrons. The predicted molar refractivity (Wildman–Crippen MR) is 83.5 cm³/mol. The molecule has 1 aromatic rings. The highest BCUT2D eigenvalue weighted by Crippen LogP contribution is 2.07. The second-order valence-corrected chi connectivity index (χ2v) is 6.13. The van der Waals surface area contributed by atoms with Crippen molar-refractivity contribution in [2.45, 2.75) is 56.8 Å². The van der Waals surface area contributed by atoms with Crippen molar-refractivity contribution in [2.75, 3.05) is 5.75 Å². The number of hydrogen-bond acceptors (Lipinski definition) is 1. The van der Waals surface area contributed by atoms with Crippen molar-refractivity contribution in [3.05, 3.63) is 30.3 Å². The Bertz CT molecular complexity index is 414. The van der Waals surface area contributed by atoms with E-state index in [-0.39, 0.29) is 0 Å². The van der Waals surface area contributed by atoms with Crippen LogP contribution in [0, 0.1) is 11.8 Å². The van der Waals surface area contributed by atoms with E-state index < -0.39 is 10.8 Å². The van der Waals surface area contributed by atoms with Gasteiger partial charge in [-0.2, -0.15) is 0 Å². The molecule has 0 aliphatic heterocycles. The molecule has 1 atom stereocenters. The smallest absolute Gasteiger partial charge is 0.0893 e. The lowest BCUT2D eigenvalue weighted by atomic mass is 10.1. The van der Waals surface area contributed by atoms with E-state index in [0.29, 0.717) is 5.75 Å². The first-order valence-corrected chi connectivity index (χ1v) is 8.55. The average Bonchev–Trinajstić information content (AvgIpc) is 2.46. The molecule has 0 aliphatic carbocycles. The molecular formula is C17H24OS. The summed E-state index contributed by atoms with van der Waals surface area (Å²) >= 11 is 0. The van der Waals surface area contributed by atoms with Gasteiger partial charge in [-0.1, -0.05) is 63.1 Å². The second kappa shape index (κ2) is 10.8. The molecule has 0 aliphatic rings. The van der Waals surface area contributed by atoms with Gasteiger partial charge in [0.1, 0.15) is 0 Å². The van der Waals surface area contributed by atoms with Gasteiger partial charge in [-0.15, -0.1) is 5.92 Å². The SMILES string of the molecule is CCCCCCCCC#CCS(=O)c1ccccc1. The quantitative estimate of drug-likeness (QED) is 0.503. The number of hydrogen-bond donors (Lipinski definition) is 0. The van der Waals surface area contributed by atoms with E-state index in [4.69, 9.17) is 0 Å². The minimum atomic E-state index is -0.969. The molecule has 0 saturated heterocycles. The van der Waals surface area contributed by atoms with Crippen LogP contribution in [-0.4, -0.2) is 9.96 Å². The van der Waals surface area contributed by atoms with E-state index in [0.717, 1.165) is 11.3 Å². The molecule has 0 bridgehead atoms. The lowest BCUT2D eigenvalue weighted by Gasteiger charge is -1.97. The Kier molecular flexibility index (Phi) is 9.10. The summed E-state index contributed by atoms with van der Waals surface area (Å²) in [6.45, 7) is 2.23. The first-order valence-electron chi connectivity index (χ1n) is 7.23. The van der Waals surface area contributed by atoms with Crippen LogP contribution in [0.15, 0.2) is 35.2 Å². The van der Waals surface area contributed by atoms with Crippen LogP contribution in [0.5, 0.6) is 0 Å². The first-order chi connectivity index (χ1) is 9.34. The van der Waals surface area contributed by atoms with Gasteiger partial charge in [0.05, 0.1) is 16.6 Å². The molecule has 0 spiro atoms. The van der Waals surface area contributed by atoms with Crippen LogP contribution in [0.3, 0.4) is 0 Å². The summed E-state index contributed by atoms with van der Waals surface area (Å²) in [7, 11) is -0.969. The van der Waals surface area contributed by atoms with Crippen LogP contribution >= 0.6 is 0 Å². The topological polar surface area (TPSA) is 17.1 Å². The minimum Gasteiger partial charge on any atom is -0.253 e. The lowest BCUT2D eigenvalue weighted by molar-refractivity contribution is 0.614. The molecule has 0 N–H and O–H groups in total. The van der Waals surface area contributed by atoms with Crippen molar-refractivity contribution in [3.8, 4) is 11.8 Å². The third-order valence-electron chi connectivity index (χ3n) is 2.99. The zero-order valence-electron chi connectivity index (χ0n) is 11.9. The van der Waals surface area contributed by atoms with E-state index in [2.05, 4.69) is 18.8 Å². The van der Waals surface area contributed by atoms with Crippen molar-refractivity contribution >= 4 is 10.8 Å². The van der Waals surface area contributed by atoms with Crippen LogP contribution in [0.1, 0.15) is 51.9 Å². The summed E-state index contributed by atoms with van der Waals surface area (Å²) in [6.07, 6.45) is 8.71. The summed E-state index contributed by atoms with van der Waals surface area (Å²) in [5.41, 5.74) is 0. The van der Waals surface area contributed by atoms with Crippen molar-refractivity contribution < 1.29 is 4.21 Å². The molecule has 0 saturated carbocycles. The third kappa shape index (κ3) is 7.85. The van der Waals surface area contributed by atoms with E-state index in [1.807, 2.05) is 30.3 Å². The summed E-state index contributed by atoms with van der Waals surface area (Å²) in [5, 5.41) is 0. The van der Waals surface area contributed by atoms with E-state index in [1.165, 1.54) is 38.5 Å². The molecule has 0 heterocycles. The first kappa shape index (κ1) is 16.0. The molecule has 1 aromatic carbocycles. The van der Waals surface area contributed by atoms with E-state index >= 15 is 0 Å². The molecule has 0 fully saturated rings. The standard InChI is InChI=1S/C17H24OS/c1-2-3-4-5-6-7-8-9-13-16-19(18)17-14-11-10-12-15-17/h10-12,14-15H,2-8,16H2,1H3. The fourth-order valence-electron chi connectivity index (χ4n) is 1.85. The fraction of sp³-hybridized carbons (Fsp3) is 0.529. The minimum absolute atomic E-state index is 0.458. The number of benzene rings is 1. The Balaban J connectivity index is 2.10. The van der Waals surface area contributed by atoms with Gasteiger partial charge < -0.3 is 0 Å². The van der Waals surface area contributed by atoms with Crippen molar-refractivity contribution in [3.63, 3.8) is 0 Å². The van der Waals surface area contributed by atoms with Crippen LogP contribution in [0.2, 0.25) is 0 Å². The van der Waals surface area contributed by atoms with Crippen LogP contribution < -0.4 is 0 Å². The predicted octanol–water partition coefficient (Wildman–Crippen LogP) is 4.55. The summed E-state index contributed by atoms with van der Waals surface area (Å²) in [6, 6.07) is 9.55. The third-order valence-corrected chi connectivity index (χ3v) is 4.19. The molecule has 1 nitrogen and oxygen atoms in total. The lowest BCUT2D eigenvalue weighted by Crippen LogP contribution is -1.94. The van der Waals surface area contributed by atoms with Gasteiger partial charge in [-0.25, -0.2) is 0 Å². The summed E-state index contributed by atoms with van der Waals surface area (Å²) < 4.78 is 11.9. The van der Waals surface area contributed by atoms with Gasteiger partial charge in [0.25, 0.3) is 0 Å². The molecule has 2 heteroatoms. The van der Waals surface area contributed by atoms with Crippen molar-refractivity contribution in [2.24, 2.45) is 0 Å². The van der Waals surface area contributed by atoms with E-state index in [9.17, 15) is 4.21 Å². The Hall–Kier alpha value is -1.07. The van der Waals surface area contributed by atoms with Crippen molar-refractivity contribution in [1.29, 1.82) is 0 Å². The van der Waals surface area contributed by atoms with Gasteiger partial charge in [0.15, 0.2) is 0 Å². The van der Waals surface area contributed by atoms with E-state index in [1.54, 1.807) is 0 Å². The zero-order valence-corrected chi connectivity index (χ0v) is 12.7. The maximum absolute atomic E-state index is 11.9.